The second kappa shape index (κ2) is 2.86. The Hall–Kier alpha value is -0.790. The molecule has 0 radical (unpaired) electrons. The van der Waals surface area contributed by atoms with Crippen molar-refractivity contribution in [2.24, 2.45) is 5.73 Å². The molecule has 0 aliphatic heterocycles. The van der Waals surface area contributed by atoms with E-state index in [9.17, 15) is 0 Å². The first kappa shape index (κ1) is 7.32. The minimum Gasteiger partial charge on any atom is -0.469 e. The van der Waals surface area contributed by atoms with Crippen LogP contribution in [-0.2, 0) is 4.74 Å². The van der Waals surface area contributed by atoms with Crippen LogP contribution in [0.15, 0.2) is 28.1 Å². The van der Waals surface area contributed by atoms with Crippen molar-refractivity contribution >= 4 is 15.9 Å². The molecule has 0 amide bonds. The molecule has 0 unspecified atom stereocenters. The van der Waals surface area contributed by atoms with Crippen LogP contribution in [0.1, 0.15) is 0 Å². The molecule has 0 aromatic heterocycles. The van der Waals surface area contributed by atoms with Gasteiger partial charge in [-0.25, -0.2) is 0 Å². The fourth-order valence-corrected chi connectivity index (χ4v) is 0.816. The molecule has 0 saturated carbocycles. The molecule has 52 valence electrons. The van der Waals surface area contributed by atoms with Crippen molar-refractivity contribution in [3.63, 3.8) is 0 Å². The topological polar surface area (TPSA) is 35.2 Å². The number of halogens is 1. The molecule has 0 bridgehead atoms. The van der Waals surface area contributed by atoms with Crippen LogP contribution >= 0.6 is 15.9 Å². The zero-order valence-electron chi connectivity index (χ0n) is 5.52. The van der Waals surface area contributed by atoms with Crippen molar-refractivity contribution in [3.8, 4) is 0 Å². The minimum atomic E-state index is 0.653. The van der Waals surface area contributed by atoms with E-state index in [2.05, 4.69) is 22.0 Å². The van der Waals surface area contributed by atoms with Gasteiger partial charge in [-0.2, -0.15) is 0 Å². The van der Waals surface area contributed by atoms with Crippen molar-refractivity contribution in [2.75, 3.05) is 7.11 Å². The predicted octanol–water partition coefficient (Wildman–Crippen LogP) is 1.45. The summed E-state index contributed by atoms with van der Waals surface area (Å²) < 4.78 is 5.73. The van der Waals surface area contributed by atoms with Gasteiger partial charge < -0.3 is 10.5 Å². The van der Waals surface area contributed by atoms with Gasteiger partial charge in [0.15, 0.2) is 10.2 Å². The van der Waals surface area contributed by atoms with Crippen LogP contribution in [0, 0.1) is 6.08 Å². The summed E-state index contributed by atoms with van der Waals surface area (Å²) in [6.07, 6.45) is 6.32. The number of methoxy groups -OCH3 is 1. The SMILES string of the molecule is COC1=CC(N)=C(Br)C=[C+]1. The molecular weight excluding hydrogens is 194 g/mol. The van der Waals surface area contributed by atoms with E-state index in [1.165, 1.54) is 0 Å². The number of hydrogen-bond acceptors (Lipinski definition) is 2. The fraction of sp³-hybridized carbons (Fsp3) is 0.143. The highest BCUT2D eigenvalue weighted by atomic mass is 79.9. The summed E-state index contributed by atoms with van der Waals surface area (Å²) >= 11 is 3.25. The number of rotatable bonds is 1. The number of hydrogen-bond donors (Lipinski definition) is 1. The number of allylic oxidation sites excluding steroid dienone is 4. The molecule has 0 atom stereocenters. The van der Waals surface area contributed by atoms with E-state index in [1.54, 1.807) is 19.3 Å². The van der Waals surface area contributed by atoms with Crippen molar-refractivity contribution in [1.29, 1.82) is 0 Å². The van der Waals surface area contributed by atoms with E-state index in [1.807, 2.05) is 0 Å². The lowest BCUT2D eigenvalue weighted by Crippen LogP contribution is -2.00. The van der Waals surface area contributed by atoms with E-state index in [0.29, 0.717) is 11.5 Å². The Morgan fingerprint density at radius 2 is 2.40 bits per heavy atom. The van der Waals surface area contributed by atoms with E-state index < -0.39 is 0 Å². The summed E-state index contributed by atoms with van der Waals surface area (Å²) in [5, 5.41) is 0. The summed E-state index contributed by atoms with van der Waals surface area (Å²) in [5.41, 5.74) is 6.21. The van der Waals surface area contributed by atoms with Gasteiger partial charge in [-0.15, -0.1) is 0 Å². The maximum atomic E-state index is 5.55. The van der Waals surface area contributed by atoms with E-state index in [4.69, 9.17) is 10.5 Å². The Balaban J connectivity index is 2.91. The third-order valence-electron chi connectivity index (χ3n) is 1.12. The first-order chi connectivity index (χ1) is 4.74. The Kier molecular flexibility index (Phi) is 2.10. The van der Waals surface area contributed by atoms with Gasteiger partial charge >= 0.3 is 0 Å². The smallest absolute Gasteiger partial charge is 0.291 e. The monoisotopic (exact) mass is 200 g/mol. The van der Waals surface area contributed by atoms with Crippen LogP contribution in [0.5, 0.6) is 0 Å². The highest BCUT2D eigenvalue weighted by Gasteiger charge is 2.13. The van der Waals surface area contributed by atoms with Crippen molar-refractivity contribution in [2.45, 2.75) is 0 Å². The molecule has 1 aliphatic rings. The Morgan fingerprint density at radius 1 is 1.70 bits per heavy atom. The zero-order chi connectivity index (χ0) is 7.56. The third kappa shape index (κ3) is 1.38. The van der Waals surface area contributed by atoms with Crippen LogP contribution in [0.4, 0.5) is 0 Å². The maximum Gasteiger partial charge on any atom is 0.291 e. The zero-order valence-corrected chi connectivity index (χ0v) is 7.10. The van der Waals surface area contributed by atoms with Gasteiger partial charge in [-0.3, -0.25) is 0 Å². The van der Waals surface area contributed by atoms with E-state index >= 15 is 0 Å². The molecule has 2 N–H and O–H groups in total. The summed E-state index contributed by atoms with van der Waals surface area (Å²) in [4.78, 5) is 0. The van der Waals surface area contributed by atoms with Gasteiger partial charge in [-0.05, 0) is 0 Å². The standard InChI is InChI=1S/C7H7BrNO/c1-10-5-2-3-6(8)7(9)4-5/h3-4H,9H2,1H3/q+1. The molecule has 10 heavy (non-hydrogen) atoms. The molecular formula is C7H7BrNO+. The molecule has 1 rings (SSSR count). The van der Waals surface area contributed by atoms with Crippen molar-refractivity contribution < 1.29 is 4.74 Å². The normalized spacial score (nSPS) is 16.4. The molecule has 0 aromatic carbocycles. The number of ether oxygens (including phenoxy) is 1. The highest BCUT2D eigenvalue weighted by molar-refractivity contribution is 9.11. The second-order valence-electron chi connectivity index (χ2n) is 1.80. The summed E-state index contributed by atoms with van der Waals surface area (Å²) in [6.45, 7) is 0. The average Bonchev–Trinajstić information content (AvgIpc) is 1.95. The first-order valence-corrected chi connectivity index (χ1v) is 3.54. The fourth-order valence-electron chi connectivity index (χ4n) is 0.588. The van der Waals surface area contributed by atoms with Gasteiger partial charge in [0.25, 0.3) is 5.76 Å². The van der Waals surface area contributed by atoms with Gasteiger partial charge in [0.05, 0.1) is 13.2 Å². The predicted molar refractivity (Wildman–Crippen MR) is 43.0 cm³/mol. The lowest BCUT2D eigenvalue weighted by Gasteiger charge is -1.95. The molecule has 0 saturated heterocycles. The maximum absolute atomic E-state index is 5.55. The minimum absolute atomic E-state index is 0.653. The summed E-state index contributed by atoms with van der Waals surface area (Å²) in [5.74, 6) is 0.653. The van der Waals surface area contributed by atoms with Crippen molar-refractivity contribution in [3.05, 3.63) is 34.2 Å². The molecule has 3 heteroatoms. The quantitative estimate of drug-likeness (QED) is 0.651. The van der Waals surface area contributed by atoms with Crippen LogP contribution in [0.2, 0.25) is 0 Å². The Bertz CT molecular complexity index is 228. The molecule has 0 spiro atoms. The van der Waals surface area contributed by atoms with Crippen LogP contribution in [0.25, 0.3) is 0 Å². The highest BCUT2D eigenvalue weighted by Crippen LogP contribution is 2.17. The average molecular weight is 201 g/mol. The summed E-state index contributed by atoms with van der Waals surface area (Å²) in [6, 6.07) is 0. The van der Waals surface area contributed by atoms with Crippen molar-refractivity contribution in [1.82, 2.24) is 0 Å². The molecule has 0 fully saturated rings. The molecule has 0 aromatic rings. The van der Waals surface area contributed by atoms with Gasteiger partial charge in [0, 0.05) is 15.9 Å². The first-order valence-electron chi connectivity index (χ1n) is 2.74. The number of nitrogens with two attached hydrogens (primary N) is 1. The van der Waals surface area contributed by atoms with E-state index in [-0.39, 0.29) is 0 Å². The van der Waals surface area contributed by atoms with Crippen LogP contribution in [-0.4, -0.2) is 7.11 Å². The van der Waals surface area contributed by atoms with Gasteiger partial charge in [0.1, 0.15) is 12.2 Å². The lowest BCUT2D eigenvalue weighted by atomic mass is 10.2. The van der Waals surface area contributed by atoms with Gasteiger partial charge in [-0.1, -0.05) is 0 Å². The summed E-state index contributed by atoms with van der Waals surface area (Å²) in [7, 11) is 1.58. The molecule has 2 nitrogen and oxygen atoms in total. The van der Waals surface area contributed by atoms with Crippen LogP contribution < -0.4 is 5.73 Å². The Morgan fingerprint density at radius 3 is 2.90 bits per heavy atom. The molecule has 1 aliphatic carbocycles. The second-order valence-corrected chi connectivity index (χ2v) is 2.66. The largest absolute Gasteiger partial charge is 0.469 e. The molecule has 0 heterocycles. The van der Waals surface area contributed by atoms with Gasteiger partial charge in [0.2, 0.25) is 0 Å². The van der Waals surface area contributed by atoms with E-state index in [0.717, 1.165) is 4.48 Å². The Labute approximate surface area is 68.2 Å². The lowest BCUT2D eigenvalue weighted by molar-refractivity contribution is 0.303. The van der Waals surface area contributed by atoms with Crippen LogP contribution in [0.3, 0.4) is 0 Å². The third-order valence-corrected chi connectivity index (χ3v) is 1.81.